The van der Waals surface area contributed by atoms with Gasteiger partial charge in [-0.1, -0.05) is 24.3 Å². The highest BCUT2D eigenvalue weighted by Crippen LogP contribution is 2.41. The lowest BCUT2D eigenvalue weighted by Gasteiger charge is -2.26. The summed E-state index contributed by atoms with van der Waals surface area (Å²) in [5, 5.41) is 0. The van der Waals surface area contributed by atoms with Crippen molar-refractivity contribution in [1.29, 1.82) is 0 Å². The molecule has 0 atom stereocenters. The van der Waals surface area contributed by atoms with Crippen LogP contribution in [0.1, 0.15) is 29.9 Å². The molecule has 5 nitrogen and oxygen atoms in total. The van der Waals surface area contributed by atoms with Crippen LogP contribution in [0.3, 0.4) is 0 Å². The number of carbonyl (C=O) groups excluding carboxylic acids is 1. The minimum atomic E-state index is -3.44. The van der Waals surface area contributed by atoms with E-state index in [1.165, 1.54) is 0 Å². The second-order valence-electron chi connectivity index (χ2n) is 6.00. The highest BCUT2D eigenvalue weighted by molar-refractivity contribution is 7.91. The summed E-state index contributed by atoms with van der Waals surface area (Å²) in [6.07, 6.45) is 2.26. The third-order valence-electron chi connectivity index (χ3n) is 4.15. The fourth-order valence-corrected chi connectivity index (χ4v) is 4.24. The van der Waals surface area contributed by atoms with Crippen LogP contribution in [0, 0.1) is 0 Å². The monoisotopic (exact) mass is 323 g/mol. The van der Waals surface area contributed by atoms with Gasteiger partial charge in [0.1, 0.15) is 5.75 Å². The van der Waals surface area contributed by atoms with Crippen molar-refractivity contribution in [2.24, 2.45) is 0 Å². The third-order valence-corrected chi connectivity index (χ3v) is 5.59. The normalized spacial score (nSPS) is 19.2. The van der Waals surface area contributed by atoms with E-state index in [1.807, 2.05) is 24.3 Å². The van der Waals surface area contributed by atoms with Crippen LogP contribution in [0.4, 0.5) is 0 Å². The fourth-order valence-electron chi connectivity index (χ4n) is 2.84. The topological polar surface area (TPSA) is 63.7 Å². The number of benzene rings is 1. The average molecular weight is 323 g/mol. The van der Waals surface area contributed by atoms with Crippen LogP contribution in [-0.2, 0) is 25.1 Å². The molecular formula is C16H21NO4S. The van der Waals surface area contributed by atoms with E-state index in [0.29, 0.717) is 32.2 Å². The van der Waals surface area contributed by atoms with Crippen molar-refractivity contribution in [2.75, 3.05) is 32.1 Å². The zero-order chi connectivity index (χ0) is 15.6. The summed E-state index contributed by atoms with van der Waals surface area (Å²) < 4.78 is 29.9. The maximum absolute atomic E-state index is 12.4. The Morgan fingerprint density at radius 2 is 1.86 bits per heavy atom. The smallest absolute Gasteiger partial charge is 0.237 e. The maximum atomic E-state index is 12.4. The summed E-state index contributed by atoms with van der Waals surface area (Å²) in [7, 11) is -3.44. The van der Waals surface area contributed by atoms with E-state index in [-0.39, 0.29) is 11.7 Å². The maximum Gasteiger partial charge on any atom is 0.237 e. The summed E-state index contributed by atoms with van der Waals surface area (Å²) in [6.45, 7) is 1.92. The van der Waals surface area contributed by atoms with Crippen molar-refractivity contribution in [3.05, 3.63) is 35.4 Å². The number of carbonyl (C=O) groups is 1. The fraction of sp³-hybridized carbons (Fsp3) is 0.562. The number of morpholine rings is 1. The van der Waals surface area contributed by atoms with Crippen LogP contribution in [0.2, 0.25) is 0 Å². The quantitative estimate of drug-likeness (QED) is 0.820. The van der Waals surface area contributed by atoms with Gasteiger partial charge in [0, 0.05) is 13.1 Å². The molecule has 1 aliphatic carbocycles. The Morgan fingerprint density at radius 3 is 2.55 bits per heavy atom. The number of hydrogen-bond acceptors (Lipinski definition) is 4. The highest BCUT2D eigenvalue weighted by atomic mass is 32.2. The first-order valence-corrected chi connectivity index (χ1v) is 9.51. The van der Waals surface area contributed by atoms with Gasteiger partial charge in [0.25, 0.3) is 0 Å². The molecule has 0 unspecified atom stereocenters. The van der Waals surface area contributed by atoms with E-state index in [1.54, 1.807) is 4.90 Å². The van der Waals surface area contributed by atoms with Gasteiger partial charge in [-0.2, -0.15) is 0 Å². The van der Waals surface area contributed by atoms with Crippen LogP contribution in [-0.4, -0.2) is 51.3 Å². The van der Waals surface area contributed by atoms with E-state index in [9.17, 15) is 13.2 Å². The lowest BCUT2D eigenvalue weighted by atomic mass is 10.1. The van der Waals surface area contributed by atoms with Crippen LogP contribution >= 0.6 is 0 Å². The number of amides is 1. The molecule has 22 heavy (non-hydrogen) atoms. The Hall–Kier alpha value is -1.40. The van der Waals surface area contributed by atoms with Crippen LogP contribution < -0.4 is 0 Å². The Kier molecular flexibility index (Phi) is 4.49. The standard InChI is InChI=1S/C16H21NO4S/c18-16(17-7-9-21-10-8-17)12-22(19,20)11-14-3-1-2-4-15(14)13-5-6-13/h1-4,13H,5-12H2. The van der Waals surface area contributed by atoms with Crippen molar-refractivity contribution >= 4 is 15.7 Å². The molecule has 1 aromatic rings. The number of ether oxygens (including phenoxy) is 1. The third kappa shape index (κ3) is 3.87. The van der Waals surface area contributed by atoms with E-state index in [0.717, 1.165) is 24.0 Å². The molecule has 1 saturated heterocycles. The lowest BCUT2D eigenvalue weighted by molar-refractivity contribution is -0.132. The highest BCUT2D eigenvalue weighted by Gasteiger charge is 2.28. The molecule has 0 N–H and O–H groups in total. The van der Waals surface area contributed by atoms with E-state index < -0.39 is 15.6 Å². The van der Waals surface area contributed by atoms with Gasteiger partial charge in [-0.05, 0) is 29.9 Å². The van der Waals surface area contributed by atoms with Gasteiger partial charge in [0.2, 0.25) is 5.91 Å². The Balaban J connectivity index is 1.67. The molecule has 2 aliphatic rings. The molecular weight excluding hydrogens is 302 g/mol. The molecule has 0 radical (unpaired) electrons. The summed E-state index contributed by atoms with van der Waals surface area (Å²) in [5.74, 6) is -0.268. The van der Waals surface area contributed by atoms with Gasteiger partial charge >= 0.3 is 0 Å². The minimum Gasteiger partial charge on any atom is -0.378 e. The summed E-state index contributed by atoms with van der Waals surface area (Å²) in [6, 6.07) is 7.68. The summed E-state index contributed by atoms with van der Waals surface area (Å²) >= 11 is 0. The SMILES string of the molecule is O=C(CS(=O)(=O)Cc1ccccc1C1CC1)N1CCOCC1. The molecule has 6 heteroatoms. The second kappa shape index (κ2) is 6.38. The molecule has 0 aromatic heterocycles. The van der Waals surface area contributed by atoms with Crippen molar-refractivity contribution in [2.45, 2.75) is 24.5 Å². The van der Waals surface area contributed by atoms with E-state index in [2.05, 4.69) is 0 Å². The van der Waals surface area contributed by atoms with Gasteiger partial charge in [-0.25, -0.2) is 8.42 Å². The lowest BCUT2D eigenvalue weighted by Crippen LogP contribution is -2.43. The van der Waals surface area contributed by atoms with Gasteiger partial charge in [0.05, 0.1) is 19.0 Å². The van der Waals surface area contributed by atoms with Gasteiger partial charge in [-0.3, -0.25) is 4.79 Å². The number of hydrogen-bond donors (Lipinski definition) is 0. The van der Waals surface area contributed by atoms with Crippen molar-refractivity contribution in [1.82, 2.24) is 4.90 Å². The number of sulfone groups is 1. The molecule has 1 amide bonds. The molecule has 120 valence electrons. The summed E-state index contributed by atoms with van der Waals surface area (Å²) in [5.41, 5.74) is 1.98. The molecule has 1 aromatic carbocycles. The van der Waals surface area contributed by atoms with Crippen molar-refractivity contribution in [3.8, 4) is 0 Å². The largest absolute Gasteiger partial charge is 0.378 e. The molecule has 2 fully saturated rings. The Bertz CT molecular complexity index is 646. The number of rotatable bonds is 5. The van der Waals surface area contributed by atoms with E-state index >= 15 is 0 Å². The number of nitrogens with zero attached hydrogens (tertiary/aromatic N) is 1. The van der Waals surface area contributed by atoms with Crippen molar-refractivity contribution < 1.29 is 17.9 Å². The van der Waals surface area contributed by atoms with Gasteiger partial charge in [0.15, 0.2) is 9.84 Å². The Labute approximate surface area is 131 Å². The predicted octanol–water partition coefficient (Wildman–Crippen LogP) is 1.34. The minimum absolute atomic E-state index is 0.0459. The zero-order valence-electron chi connectivity index (χ0n) is 12.5. The van der Waals surface area contributed by atoms with Crippen LogP contribution in [0.15, 0.2) is 24.3 Å². The average Bonchev–Trinajstić information content (AvgIpc) is 3.32. The first-order chi connectivity index (χ1) is 10.6. The first-order valence-electron chi connectivity index (χ1n) is 7.69. The van der Waals surface area contributed by atoms with Crippen LogP contribution in [0.25, 0.3) is 0 Å². The molecule has 1 heterocycles. The second-order valence-corrected chi connectivity index (χ2v) is 8.06. The van der Waals surface area contributed by atoms with Gasteiger partial charge < -0.3 is 9.64 Å². The molecule has 1 aliphatic heterocycles. The van der Waals surface area contributed by atoms with E-state index in [4.69, 9.17) is 4.74 Å². The Morgan fingerprint density at radius 1 is 1.18 bits per heavy atom. The summed E-state index contributed by atoms with van der Waals surface area (Å²) in [4.78, 5) is 13.7. The predicted molar refractivity (Wildman–Crippen MR) is 83.3 cm³/mol. The molecule has 0 spiro atoms. The zero-order valence-corrected chi connectivity index (χ0v) is 13.3. The molecule has 1 saturated carbocycles. The first kappa shape index (κ1) is 15.5. The molecule has 0 bridgehead atoms. The van der Waals surface area contributed by atoms with Crippen molar-refractivity contribution in [3.63, 3.8) is 0 Å². The van der Waals surface area contributed by atoms with Gasteiger partial charge in [-0.15, -0.1) is 0 Å². The van der Waals surface area contributed by atoms with Crippen LogP contribution in [0.5, 0.6) is 0 Å². The molecule has 3 rings (SSSR count).